The molecule has 0 bridgehead atoms. The Kier molecular flexibility index (Phi) is 3.26. The molecule has 0 radical (unpaired) electrons. The van der Waals surface area contributed by atoms with Crippen LogP contribution in [0, 0.1) is 18.3 Å². The second-order valence-electron chi connectivity index (χ2n) is 5.37. The van der Waals surface area contributed by atoms with Gasteiger partial charge in [0.25, 0.3) is 5.91 Å². The van der Waals surface area contributed by atoms with E-state index < -0.39 is 5.54 Å². The molecule has 0 saturated heterocycles. The number of amides is 1. The minimum Gasteiger partial charge on any atom is -0.344 e. The van der Waals surface area contributed by atoms with Crippen molar-refractivity contribution in [2.45, 2.75) is 38.3 Å². The van der Waals surface area contributed by atoms with Gasteiger partial charge in [-0.1, -0.05) is 5.21 Å². The normalized spacial score (nSPS) is 17.0. The highest BCUT2D eigenvalue weighted by atomic mass is 32.1. The van der Waals surface area contributed by atoms with Gasteiger partial charge in [0.05, 0.1) is 23.9 Å². The Morgan fingerprint density at radius 1 is 1.62 bits per heavy atom. The molecule has 0 unspecified atom stereocenters. The molecule has 1 amide bonds. The largest absolute Gasteiger partial charge is 0.344 e. The highest BCUT2D eigenvalue weighted by molar-refractivity contribution is 7.10. The number of aryl methyl sites for hydroxylation is 1. The zero-order valence-electron chi connectivity index (χ0n) is 11.8. The number of nitrogens with zero attached hydrogens (tertiary/aromatic N) is 4. The van der Waals surface area contributed by atoms with Crippen molar-refractivity contribution in [1.82, 2.24) is 20.3 Å². The van der Waals surface area contributed by atoms with Crippen LogP contribution in [0.4, 0.5) is 0 Å². The number of carbonyl (C=O) groups is 1. The predicted molar refractivity (Wildman–Crippen MR) is 77.8 cm³/mol. The van der Waals surface area contributed by atoms with Crippen molar-refractivity contribution in [3.8, 4) is 6.07 Å². The molecule has 1 saturated carbocycles. The Balaban J connectivity index is 1.70. The van der Waals surface area contributed by atoms with E-state index in [1.807, 2.05) is 25.3 Å². The van der Waals surface area contributed by atoms with Crippen LogP contribution in [0.15, 0.2) is 17.6 Å². The smallest absolute Gasteiger partial charge is 0.252 e. The topological polar surface area (TPSA) is 83.6 Å². The summed E-state index contributed by atoms with van der Waals surface area (Å²) in [5.74, 6) is -0.122. The van der Waals surface area contributed by atoms with Gasteiger partial charge in [0.2, 0.25) is 0 Å². The van der Waals surface area contributed by atoms with Crippen LogP contribution in [0.2, 0.25) is 0 Å². The van der Waals surface area contributed by atoms with Crippen LogP contribution >= 0.6 is 11.3 Å². The third kappa shape index (κ3) is 2.54. The number of rotatable bonds is 4. The number of hydrogen-bond donors (Lipinski definition) is 1. The van der Waals surface area contributed by atoms with Crippen molar-refractivity contribution in [2.24, 2.45) is 0 Å². The second kappa shape index (κ2) is 4.97. The molecule has 2 heterocycles. The van der Waals surface area contributed by atoms with Gasteiger partial charge >= 0.3 is 0 Å². The average molecular weight is 301 g/mol. The van der Waals surface area contributed by atoms with Gasteiger partial charge in [-0.25, -0.2) is 4.68 Å². The summed E-state index contributed by atoms with van der Waals surface area (Å²) in [6, 6.07) is 3.88. The van der Waals surface area contributed by atoms with Gasteiger partial charge in [0.1, 0.15) is 5.69 Å². The van der Waals surface area contributed by atoms with Gasteiger partial charge in [-0.05, 0) is 32.8 Å². The Hall–Kier alpha value is -2.20. The SMILES string of the molecule is Cc1cc(C(=O)N[C@@H](C)c2cn(C3(C#N)CC3)nn2)cs1. The Morgan fingerprint density at radius 2 is 2.38 bits per heavy atom. The summed E-state index contributed by atoms with van der Waals surface area (Å²) < 4.78 is 1.61. The molecule has 108 valence electrons. The number of thiophene rings is 1. The number of aromatic nitrogens is 3. The van der Waals surface area contributed by atoms with Crippen molar-refractivity contribution < 1.29 is 4.79 Å². The van der Waals surface area contributed by atoms with E-state index in [2.05, 4.69) is 21.7 Å². The highest BCUT2D eigenvalue weighted by Gasteiger charge is 2.46. The third-order valence-corrected chi connectivity index (χ3v) is 4.53. The molecule has 1 aliphatic carbocycles. The Bertz CT molecular complexity index is 722. The maximum atomic E-state index is 12.1. The molecule has 1 atom stereocenters. The van der Waals surface area contributed by atoms with E-state index in [0.29, 0.717) is 11.3 Å². The molecule has 2 aromatic heterocycles. The second-order valence-corrected chi connectivity index (χ2v) is 6.49. The van der Waals surface area contributed by atoms with E-state index in [9.17, 15) is 4.79 Å². The van der Waals surface area contributed by atoms with E-state index >= 15 is 0 Å². The summed E-state index contributed by atoms with van der Waals surface area (Å²) in [6.45, 7) is 3.82. The number of nitriles is 1. The lowest BCUT2D eigenvalue weighted by Crippen LogP contribution is -2.26. The summed E-state index contributed by atoms with van der Waals surface area (Å²) in [6.07, 6.45) is 3.36. The Labute approximate surface area is 126 Å². The van der Waals surface area contributed by atoms with Crippen LogP contribution < -0.4 is 5.32 Å². The summed E-state index contributed by atoms with van der Waals surface area (Å²) >= 11 is 1.55. The van der Waals surface area contributed by atoms with Gasteiger partial charge < -0.3 is 5.32 Å². The molecule has 0 aliphatic heterocycles. The maximum Gasteiger partial charge on any atom is 0.252 e. The van der Waals surface area contributed by atoms with E-state index in [1.165, 1.54) is 0 Å². The molecule has 0 spiro atoms. The molecule has 3 rings (SSSR count). The summed E-state index contributed by atoms with van der Waals surface area (Å²) in [4.78, 5) is 13.2. The first kappa shape index (κ1) is 13.8. The molecular formula is C14H15N5OS. The first-order chi connectivity index (χ1) is 10.0. The maximum absolute atomic E-state index is 12.1. The monoisotopic (exact) mass is 301 g/mol. The molecule has 1 aliphatic rings. The lowest BCUT2D eigenvalue weighted by atomic mass is 10.2. The lowest BCUT2D eigenvalue weighted by molar-refractivity contribution is 0.0939. The Morgan fingerprint density at radius 3 is 2.95 bits per heavy atom. The van der Waals surface area contributed by atoms with Gasteiger partial charge in [-0.15, -0.1) is 16.4 Å². The fourth-order valence-electron chi connectivity index (χ4n) is 2.11. The van der Waals surface area contributed by atoms with Gasteiger partial charge in [-0.3, -0.25) is 4.79 Å². The van der Waals surface area contributed by atoms with Crippen LogP contribution in [-0.2, 0) is 5.54 Å². The van der Waals surface area contributed by atoms with Gasteiger partial charge in [0, 0.05) is 10.3 Å². The minimum atomic E-state index is -0.514. The van der Waals surface area contributed by atoms with Gasteiger partial charge in [0.15, 0.2) is 5.54 Å². The molecule has 0 aromatic carbocycles. The zero-order valence-corrected chi connectivity index (χ0v) is 12.6. The fourth-order valence-corrected chi connectivity index (χ4v) is 2.79. The first-order valence-electron chi connectivity index (χ1n) is 6.74. The van der Waals surface area contributed by atoms with Crippen molar-refractivity contribution >= 4 is 17.2 Å². The van der Waals surface area contributed by atoms with Crippen molar-refractivity contribution in [2.75, 3.05) is 0 Å². The molecule has 21 heavy (non-hydrogen) atoms. The van der Waals surface area contributed by atoms with Gasteiger partial charge in [-0.2, -0.15) is 5.26 Å². The molecule has 1 N–H and O–H groups in total. The molecular weight excluding hydrogens is 286 g/mol. The van der Waals surface area contributed by atoms with Crippen LogP contribution in [0.1, 0.15) is 46.7 Å². The van der Waals surface area contributed by atoms with Crippen molar-refractivity contribution in [1.29, 1.82) is 5.26 Å². The molecule has 2 aromatic rings. The molecule has 1 fully saturated rings. The average Bonchev–Trinajstić information content (AvgIpc) is 2.89. The number of carbonyl (C=O) groups excluding carboxylic acids is 1. The van der Waals surface area contributed by atoms with Crippen LogP contribution in [0.25, 0.3) is 0 Å². The summed E-state index contributed by atoms with van der Waals surface area (Å²) in [5.41, 5.74) is 0.809. The number of nitrogens with one attached hydrogen (secondary N) is 1. The van der Waals surface area contributed by atoms with Crippen LogP contribution in [0.3, 0.4) is 0 Å². The van der Waals surface area contributed by atoms with Crippen molar-refractivity contribution in [3.05, 3.63) is 33.8 Å². The standard InChI is InChI=1S/C14H15N5OS/c1-9-5-11(7-21-9)13(20)16-10(2)12-6-19(18-17-12)14(8-15)3-4-14/h5-7,10H,3-4H2,1-2H3,(H,16,20)/t10-/m0/s1. The summed E-state index contributed by atoms with van der Waals surface area (Å²) in [7, 11) is 0. The van der Waals surface area contributed by atoms with Crippen LogP contribution in [0.5, 0.6) is 0 Å². The predicted octanol–water partition coefficient (Wildman–Crippen LogP) is 2.15. The lowest BCUT2D eigenvalue weighted by Gasteiger charge is -2.10. The molecule has 6 nitrogen and oxygen atoms in total. The number of hydrogen-bond acceptors (Lipinski definition) is 5. The third-order valence-electron chi connectivity index (χ3n) is 3.67. The van der Waals surface area contributed by atoms with E-state index in [1.54, 1.807) is 22.2 Å². The molecule has 7 heteroatoms. The zero-order chi connectivity index (χ0) is 15.0. The summed E-state index contributed by atoms with van der Waals surface area (Å²) in [5, 5.41) is 22.0. The highest BCUT2D eigenvalue weighted by Crippen LogP contribution is 2.42. The minimum absolute atomic E-state index is 0.122. The first-order valence-corrected chi connectivity index (χ1v) is 7.62. The van der Waals surface area contributed by atoms with E-state index in [0.717, 1.165) is 17.7 Å². The quantitative estimate of drug-likeness (QED) is 0.938. The van der Waals surface area contributed by atoms with E-state index in [4.69, 9.17) is 5.26 Å². The van der Waals surface area contributed by atoms with E-state index in [-0.39, 0.29) is 11.9 Å². The fraction of sp³-hybridized carbons (Fsp3) is 0.429. The van der Waals surface area contributed by atoms with Crippen molar-refractivity contribution in [3.63, 3.8) is 0 Å². The van der Waals surface area contributed by atoms with Crippen LogP contribution in [-0.4, -0.2) is 20.9 Å².